The molecule has 0 saturated heterocycles. The molecule has 9 nitrogen and oxygen atoms in total. The molecule has 0 aliphatic rings. The van der Waals surface area contributed by atoms with Gasteiger partial charge in [-0.1, -0.05) is 11.3 Å². The van der Waals surface area contributed by atoms with Gasteiger partial charge in [0.2, 0.25) is 5.13 Å². The molecule has 10 heteroatoms. The number of nitrogens with zero attached hydrogens (tertiary/aromatic N) is 4. The number of hydrogen-bond donors (Lipinski definition) is 3. The van der Waals surface area contributed by atoms with Crippen molar-refractivity contribution in [1.82, 2.24) is 25.1 Å². The SMILES string of the molecule is CC(=O)O.COCc1nnc(Nc2ccc3[nH]cnc3n2)s1. The highest BCUT2D eigenvalue weighted by molar-refractivity contribution is 7.15. The van der Waals surface area contributed by atoms with Gasteiger partial charge in [0.15, 0.2) is 5.65 Å². The van der Waals surface area contributed by atoms with Crippen molar-refractivity contribution in [3.05, 3.63) is 23.5 Å². The molecule has 0 spiro atoms. The van der Waals surface area contributed by atoms with Crippen molar-refractivity contribution < 1.29 is 14.6 Å². The fourth-order valence-electron chi connectivity index (χ4n) is 1.49. The van der Waals surface area contributed by atoms with Crippen LogP contribution in [0.4, 0.5) is 10.9 Å². The number of aromatic amines is 1. The van der Waals surface area contributed by atoms with E-state index in [0.29, 0.717) is 23.2 Å². The third kappa shape index (κ3) is 4.46. The molecule has 3 aromatic rings. The summed E-state index contributed by atoms with van der Waals surface area (Å²) >= 11 is 1.43. The van der Waals surface area contributed by atoms with Gasteiger partial charge >= 0.3 is 0 Å². The van der Waals surface area contributed by atoms with Crippen molar-refractivity contribution >= 4 is 39.4 Å². The maximum absolute atomic E-state index is 9.00. The predicted molar refractivity (Wildman–Crippen MR) is 81.1 cm³/mol. The molecular formula is C12H14N6O3S. The van der Waals surface area contributed by atoms with Gasteiger partial charge in [0.1, 0.15) is 17.4 Å². The van der Waals surface area contributed by atoms with Crippen LogP contribution in [0.25, 0.3) is 11.2 Å². The van der Waals surface area contributed by atoms with E-state index in [9.17, 15) is 0 Å². The van der Waals surface area contributed by atoms with Crippen LogP contribution in [-0.2, 0) is 16.1 Å². The molecule has 3 rings (SSSR count). The summed E-state index contributed by atoms with van der Waals surface area (Å²) in [5.41, 5.74) is 1.57. The minimum absolute atomic E-state index is 0.463. The number of imidazole rings is 1. The van der Waals surface area contributed by atoms with Gasteiger partial charge in [-0.05, 0) is 12.1 Å². The second-order valence-electron chi connectivity index (χ2n) is 4.05. The lowest BCUT2D eigenvalue weighted by Crippen LogP contribution is -1.92. The molecule has 3 heterocycles. The Morgan fingerprint density at radius 3 is 2.95 bits per heavy atom. The number of H-pyrrole nitrogens is 1. The Balaban J connectivity index is 0.000000396. The molecule has 3 aromatic heterocycles. The highest BCUT2D eigenvalue weighted by atomic mass is 32.1. The molecule has 0 fully saturated rings. The van der Waals surface area contributed by atoms with Crippen molar-refractivity contribution in [2.75, 3.05) is 12.4 Å². The Morgan fingerprint density at radius 2 is 2.23 bits per heavy atom. The van der Waals surface area contributed by atoms with Crippen LogP contribution in [-0.4, -0.2) is 43.3 Å². The first kappa shape index (κ1) is 15.8. The normalized spacial score (nSPS) is 10.1. The molecule has 0 atom stereocenters. The third-order valence-corrected chi connectivity index (χ3v) is 3.06. The average molecular weight is 322 g/mol. The summed E-state index contributed by atoms with van der Waals surface area (Å²) < 4.78 is 4.99. The fourth-order valence-corrected chi connectivity index (χ4v) is 2.21. The van der Waals surface area contributed by atoms with Gasteiger partial charge in [0, 0.05) is 14.0 Å². The van der Waals surface area contributed by atoms with E-state index < -0.39 is 5.97 Å². The van der Waals surface area contributed by atoms with Crippen LogP contribution in [0.2, 0.25) is 0 Å². The maximum Gasteiger partial charge on any atom is 0.300 e. The van der Waals surface area contributed by atoms with Crippen LogP contribution in [0.15, 0.2) is 18.5 Å². The zero-order valence-corrected chi connectivity index (χ0v) is 12.7. The molecule has 0 saturated carbocycles. The molecule has 0 aliphatic carbocycles. The van der Waals surface area contributed by atoms with E-state index in [1.165, 1.54) is 11.3 Å². The van der Waals surface area contributed by atoms with Crippen molar-refractivity contribution in [2.45, 2.75) is 13.5 Å². The number of aromatic nitrogens is 5. The number of aliphatic carboxylic acids is 1. The minimum Gasteiger partial charge on any atom is -0.481 e. The number of fused-ring (bicyclic) bond motifs is 1. The van der Waals surface area contributed by atoms with Crippen LogP contribution in [0.1, 0.15) is 11.9 Å². The van der Waals surface area contributed by atoms with Crippen LogP contribution in [0.3, 0.4) is 0 Å². The number of carbonyl (C=O) groups is 1. The second kappa shape index (κ2) is 7.43. The van der Waals surface area contributed by atoms with Crippen molar-refractivity contribution in [3.63, 3.8) is 0 Å². The van der Waals surface area contributed by atoms with Gasteiger partial charge in [0.25, 0.3) is 5.97 Å². The van der Waals surface area contributed by atoms with Gasteiger partial charge in [-0.2, -0.15) is 0 Å². The minimum atomic E-state index is -0.833. The van der Waals surface area contributed by atoms with Crippen LogP contribution in [0.5, 0.6) is 0 Å². The monoisotopic (exact) mass is 322 g/mol. The number of hydrogen-bond acceptors (Lipinski definition) is 8. The summed E-state index contributed by atoms with van der Waals surface area (Å²) in [5.74, 6) is -0.144. The van der Waals surface area contributed by atoms with Crippen LogP contribution < -0.4 is 5.32 Å². The summed E-state index contributed by atoms with van der Waals surface area (Å²) in [6, 6.07) is 3.77. The van der Waals surface area contributed by atoms with Crippen molar-refractivity contribution in [1.29, 1.82) is 0 Å². The Labute approximate surface area is 129 Å². The first-order chi connectivity index (χ1) is 10.6. The number of ether oxygens (including phenoxy) is 1. The Bertz CT molecular complexity index is 752. The Kier molecular flexibility index (Phi) is 5.33. The van der Waals surface area contributed by atoms with E-state index >= 15 is 0 Å². The smallest absolute Gasteiger partial charge is 0.300 e. The van der Waals surface area contributed by atoms with Gasteiger partial charge in [-0.15, -0.1) is 10.2 Å². The number of methoxy groups -OCH3 is 1. The average Bonchev–Trinajstić information content (AvgIpc) is 3.07. The topological polar surface area (TPSA) is 126 Å². The molecular weight excluding hydrogens is 308 g/mol. The fraction of sp³-hybridized carbons (Fsp3) is 0.250. The third-order valence-electron chi connectivity index (χ3n) is 2.25. The summed E-state index contributed by atoms with van der Waals surface area (Å²) in [4.78, 5) is 20.4. The maximum atomic E-state index is 9.00. The summed E-state index contributed by atoms with van der Waals surface area (Å²) in [7, 11) is 1.63. The molecule has 116 valence electrons. The number of anilines is 2. The van der Waals surface area contributed by atoms with E-state index in [0.717, 1.165) is 17.4 Å². The zero-order valence-electron chi connectivity index (χ0n) is 11.9. The van der Waals surface area contributed by atoms with Gasteiger partial charge in [0.05, 0.1) is 11.8 Å². The standard InChI is InChI=1S/C10H10N6OS.C2H4O2/c1-17-4-8-15-16-10(18-8)14-7-3-2-6-9(13-7)12-5-11-6;1-2(3)4/h2-3,5H,4H2,1H3,(H2,11,12,13,14,16);1H3,(H,3,4). The van der Waals surface area contributed by atoms with Crippen molar-refractivity contribution in [2.24, 2.45) is 0 Å². The first-order valence-electron chi connectivity index (χ1n) is 6.16. The summed E-state index contributed by atoms with van der Waals surface area (Å²) in [6.07, 6.45) is 1.61. The molecule has 22 heavy (non-hydrogen) atoms. The Morgan fingerprint density at radius 1 is 1.45 bits per heavy atom. The molecule has 0 aliphatic heterocycles. The van der Waals surface area contributed by atoms with Crippen LogP contribution in [0, 0.1) is 0 Å². The lowest BCUT2D eigenvalue weighted by molar-refractivity contribution is -0.134. The second-order valence-corrected chi connectivity index (χ2v) is 5.11. The molecule has 3 N–H and O–H groups in total. The molecule has 0 amide bonds. The van der Waals surface area contributed by atoms with Crippen LogP contribution >= 0.6 is 11.3 Å². The van der Waals surface area contributed by atoms with E-state index in [-0.39, 0.29) is 0 Å². The molecule has 0 radical (unpaired) electrons. The highest BCUT2D eigenvalue weighted by Crippen LogP contribution is 2.20. The number of carboxylic acids is 1. The first-order valence-corrected chi connectivity index (χ1v) is 6.98. The van der Waals surface area contributed by atoms with E-state index in [1.807, 2.05) is 12.1 Å². The molecule has 0 aromatic carbocycles. The predicted octanol–water partition coefficient (Wildman–Crippen LogP) is 1.79. The van der Waals surface area contributed by atoms with Crippen molar-refractivity contribution in [3.8, 4) is 0 Å². The number of nitrogens with one attached hydrogen (secondary N) is 2. The number of rotatable bonds is 4. The Hall–Kier alpha value is -2.59. The highest BCUT2D eigenvalue weighted by Gasteiger charge is 2.05. The quantitative estimate of drug-likeness (QED) is 0.663. The molecule has 0 bridgehead atoms. The zero-order chi connectivity index (χ0) is 15.9. The van der Waals surface area contributed by atoms with E-state index in [4.69, 9.17) is 14.6 Å². The lowest BCUT2D eigenvalue weighted by Gasteiger charge is -1.99. The molecule has 0 unspecified atom stereocenters. The number of pyridine rings is 1. The van der Waals surface area contributed by atoms with E-state index in [2.05, 4.69) is 30.5 Å². The number of carboxylic acid groups (broad SMARTS) is 1. The summed E-state index contributed by atoms with van der Waals surface area (Å²) in [5, 5.41) is 20.0. The largest absolute Gasteiger partial charge is 0.481 e. The van der Waals surface area contributed by atoms with Gasteiger partial charge < -0.3 is 20.1 Å². The van der Waals surface area contributed by atoms with Gasteiger partial charge in [-0.25, -0.2) is 9.97 Å². The lowest BCUT2D eigenvalue weighted by atomic mass is 10.4. The van der Waals surface area contributed by atoms with E-state index in [1.54, 1.807) is 13.4 Å². The van der Waals surface area contributed by atoms with Gasteiger partial charge in [-0.3, -0.25) is 4.79 Å². The summed E-state index contributed by atoms with van der Waals surface area (Å²) in [6.45, 7) is 1.55.